The molecular formula is C18H21N3O3. The highest BCUT2D eigenvalue weighted by Crippen LogP contribution is 2.23. The first-order valence-corrected chi connectivity index (χ1v) is 7.70. The van der Waals surface area contributed by atoms with Crippen molar-refractivity contribution in [2.24, 2.45) is 5.92 Å². The smallest absolute Gasteiger partial charge is 0.269 e. The number of nitrogens with one attached hydrogen (secondary N) is 2. The van der Waals surface area contributed by atoms with Gasteiger partial charge in [-0.2, -0.15) is 0 Å². The summed E-state index contributed by atoms with van der Waals surface area (Å²) in [6, 6.07) is 10.2. The highest BCUT2D eigenvalue weighted by atomic mass is 16.5. The molecule has 24 heavy (non-hydrogen) atoms. The first kappa shape index (κ1) is 17.5. The second-order valence-electron chi connectivity index (χ2n) is 5.69. The van der Waals surface area contributed by atoms with E-state index in [0.717, 1.165) is 0 Å². The number of rotatable bonds is 6. The van der Waals surface area contributed by atoms with Gasteiger partial charge in [0.2, 0.25) is 0 Å². The lowest BCUT2D eigenvalue weighted by atomic mass is 10.2. The molecule has 2 amide bonds. The first-order chi connectivity index (χ1) is 11.5. The van der Waals surface area contributed by atoms with Gasteiger partial charge in [0.05, 0.1) is 12.8 Å². The van der Waals surface area contributed by atoms with E-state index >= 15 is 0 Å². The van der Waals surface area contributed by atoms with Crippen molar-refractivity contribution in [1.82, 2.24) is 10.3 Å². The van der Waals surface area contributed by atoms with Crippen molar-refractivity contribution in [3.63, 3.8) is 0 Å². The largest absolute Gasteiger partial charge is 0.495 e. The van der Waals surface area contributed by atoms with E-state index < -0.39 is 0 Å². The first-order valence-electron chi connectivity index (χ1n) is 7.70. The topological polar surface area (TPSA) is 80.3 Å². The zero-order chi connectivity index (χ0) is 17.5. The van der Waals surface area contributed by atoms with Crippen LogP contribution in [0.15, 0.2) is 42.6 Å². The maximum atomic E-state index is 12.4. The molecule has 0 spiro atoms. The van der Waals surface area contributed by atoms with Gasteiger partial charge in [-0.1, -0.05) is 26.0 Å². The summed E-state index contributed by atoms with van der Waals surface area (Å²) in [4.78, 5) is 28.5. The number of para-hydroxylation sites is 2. The minimum absolute atomic E-state index is 0.211. The highest BCUT2D eigenvalue weighted by Gasteiger charge is 2.13. The van der Waals surface area contributed by atoms with Crippen LogP contribution in [0.5, 0.6) is 5.75 Å². The lowest BCUT2D eigenvalue weighted by Gasteiger charge is -2.10. The summed E-state index contributed by atoms with van der Waals surface area (Å²) in [6.45, 7) is 4.56. The van der Waals surface area contributed by atoms with Gasteiger partial charge in [0.25, 0.3) is 11.8 Å². The van der Waals surface area contributed by atoms with E-state index in [2.05, 4.69) is 15.6 Å². The molecule has 0 aliphatic rings. The average molecular weight is 327 g/mol. The number of nitrogens with zero attached hydrogens (tertiary/aromatic N) is 1. The standard InChI is InChI=1S/C18H21N3O3/c1-12(2)11-20-18(23)15-10-13(8-9-19-15)17(22)21-14-6-4-5-7-16(14)24-3/h4-10,12H,11H2,1-3H3,(H,20,23)(H,21,22). The third-order valence-electron chi connectivity index (χ3n) is 3.28. The molecule has 1 aromatic heterocycles. The van der Waals surface area contributed by atoms with Gasteiger partial charge in [0, 0.05) is 18.3 Å². The van der Waals surface area contributed by atoms with Gasteiger partial charge in [0.15, 0.2) is 0 Å². The Bertz CT molecular complexity index is 729. The summed E-state index contributed by atoms with van der Waals surface area (Å²) in [5.74, 6) is 0.274. The quantitative estimate of drug-likeness (QED) is 0.855. The summed E-state index contributed by atoms with van der Waals surface area (Å²) in [5.41, 5.74) is 1.13. The Kier molecular flexibility index (Phi) is 5.89. The van der Waals surface area contributed by atoms with Crippen LogP contribution >= 0.6 is 0 Å². The normalized spacial score (nSPS) is 10.3. The molecule has 2 N–H and O–H groups in total. The summed E-state index contributed by atoms with van der Waals surface area (Å²) in [7, 11) is 1.54. The van der Waals surface area contributed by atoms with Crippen LogP contribution in [0.4, 0.5) is 5.69 Å². The second-order valence-corrected chi connectivity index (χ2v) is 5.69. The molecule has 0 fully saturated rings. The maximum absolute atomic E-state index is 12.4. The van der Waals surface area contributed by atoms with E-state index in [1.54, 1.807) is 24.3 Å². The molecule has 0 aliphatic heterocycles. The number of amides is 2. The van der Waals surface area contributed by atoms with Gasteiger partial charge < -0.3 is 15.4 Å². The number of carbonyl (C=O) groups excluding carboxylic acids is 2. The molecule has 0 radical (unpaired) electrons. The molecule has 0 unspecified atom stereocenters. The Labute approximate surface area is 141 Å². The minimum Gasteiger partial charge on any atom is -0.495 e. The van der Waals surface area contributed by atoms with E-state index in [1.165, 1.54) is 19.4 Å². The fraction of sp³-hybridized carbons (Fsp3) is 0.278. The van der Waals surface area contributed by atoms with Crippen LogP contribution in [0.1, 0.15) is 34.7 Å². The Hall–Kier alpha value is -2.89. The van der Waals surface area contributed by atoms with Crippen molar-refractivity contribution < 1.29 is 14.3 Å². The predicted octanol–water partition coefficient (Wildman–Crippen LogP) is 2.73. The van der Waals surface area contributed by atoms with E-state index in [-0.39, 0.29) is 17.5 Å². The zero-order valence-electron chi connectivity index (χ0n) is 14.0. The Morgan fingerprint density at radius 3 is 2.62 bits per heavy atom. The van der Waals surface area contributed by atoms with E-state index in [0.29, 0.717) is 29.5 Å². The second kappa shape index (κ2) is 8.10. The van der Waals surface area contributed by atoms with Gasteiger partial charge >= 0.3 is 0 Å². The number of aromatic nitrogens is 1. The van der Waals surface area contributed by atoms with Crippen molar-refractivity contribution in [3.8, 4) is 5.75 Å². The molecule has 2 rings (SSSR count). The maximum Gasteiger partial charge on any atom is 0.269 e. The third-order valence-corrected chi connectivity index (χ3v) is 3.28. The fourth-order valence-electron chi connectivity index (χ4n) is 2.03. The van der Waals surface area contributed by atoms with Crippen LogP contribution < -0.4 is 15.4 Å². The number of hydrogen-bond acceptors (Lipinski definition) is 4. The molecule has 0 bridgehead atoms. The molecule has 1 aromatic carbocycles. The van der Waals surface area contributed by atoms with Crippen LogP contribution in [0.25, 0.3) is 0 Å². The van der Waals surface area contributed by atoms with Crippen molar-refractivity contribution in [2.75, 3.05) is 19.0 Å². The highest BCUT2D eigenvalue weighted by molar-refractivity contribution is 6.06. The predicted molar refractivity (Wildman–Crippen MR) is 92.4 cm³/mol. The minimum atomic E-state index is -0.334. The van der Waals surface area contributed by atoms with Gasteiger partial charge in [0.1, 0.15) is 11.4 Å². The molecule has 0 saturated heterocycles. The van der Waals surface area contributed by atoms with Crippen LogP contribution in [-0.2, 0) is 0 Å². The van der Waals surface area contributed by atoms with E-state index in [9.17, 15) is 9.59 Å². The van der Waals surface area contributed by atoms with E-state index in [1.807, 2.05) is 19.9 Å². The molecule has 6 heteroatoms. The van der Waals surface area contributed by atoms with Gasteiger partial charge in [-0.05, 0) is 30.2 Å². The fourth-order valence-corrected chi connectivity index (χ4v) is 2.03. The van der Waals surface area contributed by atoms with Gasteiger partial charge in [-0.15, -0.1) is 0 Å². The lowest BCUT2D eigenvalue weighted by molar-refractivity contribution is 0.0944. The summed E-state index contributed by atoms with van der Waals surface area (Å²) < 4.78 is 5.21. The van der Waals surface area contributed by atoms with Crippen LogP contribution in [0.3, 0.4) is 0 Å². The number of methoxy groups -OCH3 is 1. The number of hydrogen-bond donors (Lipinski definition) is 2. The molecule has 6 nitrogen and oxygen atoms in total. The average Bonchev–Trinajstić information content (AvgIpc) is 2.60. The summed E-state index contributed by atoms with van der Waals surface area (Å²) in [5, 5.41) is 5.55. The van der Waals surface area contributed by atoms with Crippen molar-refractivity contribution in [1.29, 1.82) is 0 Å². The SMILES string of the molecule is COc1ccccc1NC(=O)c1ccnc(C(=O)NCC(C)C)c1. The Morgan fingerprint density at radius 2 is 1.92 bits per heavy atom. The van der Waals surface area contributed by atoms with Gasteiger partial charge in [-0.3, -0.25) is 14.6 Å². The van der Waals surface area contributed by atoms with Crippen LogP contribution in [-0.4, -0.2) is 30.5 Å². The number of benzene rings is 1. The summed E-state index contributed by atoms with van der Waals surface area (Å²) >= 11 is 0. The number of pyridine rings is 1. The molecule has 0 aliphatic carbocycles. The number of ether oxygens (including phenoxy) is 1. The Morgan fingerprint density at radius 1 is 1.17 bits per heavy atom. The third kappa shape index (κ3) is 4.55. The van der Waals surface area contributed by atoms with E-state index in [4.69, 9.17) is 4.74 Å². The molecule has 2 aromatic rings. The molecule has 0 saturated carbocycles. The van der Waals surface area contributed by atoms with Gasteiger partial charge in [-0.25, -0.2) is 0 Å². The van der Waals surface area contributed by atoms with Crippen LogP contribution in [0.2, 0.25) is 0 Å². The zero-order valence-corrected chi connectivity index (χ0v) is 14.0. The Balaban J connectivity index is 2.13. The molecule has 126 valence electrons. The van der Waals surface area contributed by atoms with Crippen molar-refractivity contribution in [3.05, 3.63) is 53.9 Å². The lowest BCUT2D eigenvalue weighted by Crippen LogP contribution is -2.28. The summed E-state index contributed by atoms with van der Waals surface area (Å²) in [6.07, 6.45) is 1.45. The monoisotopic (exact) mass is 327 g/mol. The van der Waals surface area contributed by atoms with Crippen molar-refractivity contribution in [2.45, 2.75) is 13.8 Å². The molecular weight excluding hydrogens is 306 g/mol. The molecule has 1 heterocycles. The number of anilines is 1. The number of carbonyl (C=O) groups is 2. The van der Waals surface area contributed by atoms with Crippen LogP contribution in [0, 0.1) is 5.92 Å². The molecule has 0 atom stereocenters. The van der Waals surface area contributed by atoms with Crippen molar-refractivity contribution >= 4 is 17.5 Å².